The van der Waals surface area contributed by atoms with E-state index in [0.29, 0.717) is 11.2 Å². The Balaban J connectivity index is 0. The molecule has 27 heavy (non-hydrogen) atoms. The lowest BCUT2D eigenvalue weighted by Gasteiger charge is -1.89. The molecule has 15 nitrogen and oxygen atoms in total. The highest BCUT2D eigenvalue weighted by atomic mass is 31.2. The van der Waals surface area contributed by atoms with Crippen molar-refractivity contribution >= 4 is 42.8 Å². The fourth-order valence-electron chi connectivity index (χ4n) is 1.06. The van der Waals surface area contributed by atoms with Crippen LogP contribution in [0, 0.1) is 0 Å². The van der Waals surface area contributed by atoms with Gasteiger partial charge in [0, 0.05) is 20.8 Å². The number of nitrogens with one attached hydrogen (secondary N) is 2. The Kier molecular flexibility index (Phi) is 11.9. The molecule has 0 saturated carbocycles. The Hall–Kier alpha value is -3.13. The zero-order chi connectivity index (χ0) is 21.8. The maximum atomic E-state index is 11.0. The zero-order valence-corrected chi connectivity index (χ0v) is 15.1. The van der Waals surface area contributed by atoms with Gasteiger partial charge in [0.15, 0.2) is 11.2 Å². The van der Waals surface area contributed by atoms with E-state index in [-0.39, 0.29) is 11.5 Å². The summed E-state index contributed by atoms with van der Waals surface area (Å²) in [7, 11) is -4.64. The van der Waals surface area contributed by atoms with Crippen molar-refractivity contribution < 1.29 is 43.5 Å². The summed E-state index contributed by atoms with van der Waals surface area (Å²) in [5.41, 5.74) is 5.65. The minimum absolute atomic E-state index is 0.0783. The van der Waals surface area contributed by atoms with Crippen LogP contribution in [0.4, 0.5) is 5.95 Å². The van der Waals surface area contributed by atoms with Crippen LogP contribution in [0.5, 0.6) is 0 Å². The van der Waals surface area contributed by atoms with Gasteiger partial charge in [-0.25, -0.2) is 9.55 Å². The number of ether oxygens (including phenoxy) is 1. The molecular weight excluding hydrogens is 393 g/mol. The normalized spacial score (nSPS) is 9.41. The minimum atomic E-state index is -4.64. The average molecular weight is 411 g/mol. The van der Waals surface area contributed by atoms with E-state index in [4.69, 9.17) is 34.9 Å². The van der Waals surface area contributed by atoms with Crippen molar-refractivity contribution in [2.75, 3.05) is 5.73 Å². The number of hydrogen-bond donors (Lipinski definition) is 7. The van der Waals surface area contributed by atoms with Crippen LogP contribution in [0.15, 0.2) is 11.1 Å². The molecule has 2 rings (SSSR count). The lowest BCUT2D eigenvalue weighted by atomic mass is 10.5. The number of esters is 2. The number of nitrogen functional groups attached to an aromatic ring is 1. The molecule has 0 bridgehead atoms. The van der Waals surface area contributed by atoms with Crippen LogP contribution >= 0.6 is 7.82 Å². The van der Waals surface area contributed by atoms with Crippen LogP contribution in [0.25, 0.3) is 11.2 Å². The number of hydrogen-bond acceptors (Lipinski definition) is 9. The minimum Gasteiger partial charge on any atom is -0.481 e. The average Bonchev–Trinajstić information content (AvgIpc) is 2.83. The Bertz CT molecular complexity index is 846. The standard InChI is InChI=1S/C5H5N5O.C4H6O3.C2H4O2.H3O4P/c6-5-9-3-2(4(11)10-5)7-1-8-3;1-3(5)7-4(2)6;1-2(3)4;1-5(2,3)4/h1H,(H4,6,7,8,9,10,11);1-2H3;1H3,(H,3,4);(H3,1,2,3,4). The molecule has 8 N–H and O–H groups in total. The summed E-state index contributed by atoms with van der Waals surface area (Å²) in [4.78, 5) is 73.7. The van der Waals surface area contributed by atoms with Crippen molar-refractivity contribution in [1.82, 2.24) is 19.9 Å². The molecule has 0 unspecified atom stereocenters. The number of imidazole rings is 1. The molecule has 0 aliphatic carbocycles. The third-order valence-corrected chi connectivity index (χ3v) is 1.60. The van der Waals surface area contributed by atoms with Gasteiger partial charge in [0.05, 0.1) is 6.33 Å². The van der Waals surface area contributed by atoms with E-state index in [9.17, 15) is 14.4 Å². The maximum absolute atomic E-state index is 11.0. The second-order valence-corrected chi connectivity index (χ2v) is 5.20. The molecule has 0 radical (unpaired) electrons. The predicted octanol–water partition coefficient (Wildman–Crippen LogP) is -1.51. The van der Waals surface area contributed by atoms with Gasteiger partial charge in [-0.3, -0.25) is 24.2 Å². The highest BCUT2D eigenvalue weighted by molar-refractivity contribution is 7.45. The molecule has 2 heterocycles. The van der Waals surface area contributed by atoms with E-state index in [2.05, 4.69) is 24.7 Å². The monoisotopic (exact) mass is 411 g/mol. The Labute approximate surface area is 150 Å². The smallest absolute Gasteiger partial charge is 0.466 e. The van der Waals surface area contributed by atoms with Gasteiger partial charge < -0.3 is 35.2 Å². The van der Waals surface area contributed by atoms with E-state index in [1.165, 1.54) is 20.2 Å². The van der Waals surface area contributed by atoms with Crippen molar-refractivity contribution in [2.45, 2.75) is 20.8 Å². The number of H-pyrrole nitrogens is 2. The molecule has 0 saturated heterocycles. The van der Waals surface area contributed by atoms with Crippen molar-refractivity contribution in [3.63, 3.8) is 0 Å². The van der Waals surface area contributed by atoms with Crippen LogP contribution in [-0.2, 0) is 23.7 Å². The van der Waals surface area contributed by atoms with E-state index in [1.54, 1.807) is 0 Å². The molecule has 0 fully saturated rings. The molecule has 0 amide bonds. The first-order valence-electron chi connectivity index (χ1n) is 6.49. The first kappa shape index (κ1) is 26.1. The van der Waals surface area contributed by atoms with Crippen LogP contribution in [-0.4, -0.2) is 57.6 Å². The molecule has 0 atom stereocenters. The summed E-state index contributed by atoms with van der Waals surface area (Å²) in [6.45, 7) is 3.45. The van der Waals surface area contributed by atoms with E-state index >= 15 is 0 Å². The Morgan fingerprint density at radius 3 is 1.89 bits per heavy atom. The van der Waals surface area contributed by atoms with Crippen molar-refractivity contribution in [2.24, 2.45) is 0 Å². The topological polar surface area (TPSA) is 259 Å². The molecule has 0 aliphatic rings. The van der Waals surface area contributed by atoms with Crippen LogP contribution < -0.4 is 11.3 Å². The number of nitrogens with two attached hydrogens (primary N) is 1. The van der Waals surface area contributed by atoms with E-state index in [0.717, 1.165) is 6.92 Å². The second kappa shape index (κ2) is 12.3. The number of aliphatic carboxylic acids is 1. The summed E-state index contributed by atoms with van der Waals surface area (Å²) in [6, 6.07) is 0. The van der Waals surface area contributed by atoms with Gasteiger partial charge in [-0.1, -0.05) is 0 Å². The van der Waals surface area contributed by atoms with Crippen LogP contribution in [0.3, 0.4) is 0 Å². The number of fused-ring (bicyclic) bond motifs is 1. The predicted molar refractivity (Wildman–Crippen MR) is 88.9 cm³/mol. The SMILES string of the molecule is CC(=O)O.CC(=O)OC(C)=O.Nc1nc2nc[nH]c2c(=O)[nH]1.O=P(O)(O)O. The largest absolute Gasteiger partial charge is 0.481 e. The van der Waals surface area contributed by atoms with Crippen molar-refractivity contribution in [1.29, 1.82) is 0 Å². The molecule has 152 valence electrons. The van der Waals surface area contributed by atoms with Gasteiger partial charge in [0.1, 0.15) is 0 Å². The molecule has 0 aliphatic heterocycles. The van der Waals surface area contributed by atoms with Gasteiger partial charge >= 0.3 is 19.8 Å². The molecule has 16 heteroatoms. The van der Waals surface area contributed by atoms with E-state index in [1.807, 2.05) is 0 Å². The van der Waals surface area contributed by atoms with Crippen molar-refractivity contribution in [3.05, 3.63) is 16.7 Å². The second-order valence-electron chi connectivity index (χ2n) is 4.17. The molecule has 0 aromatic carbocycles. The fourth-order valence-corrected chi connectivity index (χ4v) is 1.06. The molecular formula is C11H18N5O10P. The molecule has 2 aromatic heterocycles. The number of carbonyl (C=O) groups excluding carboxylic acids is 2. The van der Waals surface area contributed by atoms with Crippen LogP contribution in [0.2, 0.25) is 0 Å². The van der Waals surface area contributed by atoms with Gasteiger partial charge in [0.2, 0.25) is 5.95 Å². The lowest BCUT2D eigenvalue weighted by molar-refractivity contribution is -0.156. The number of aromatic nitrogens is 4. The van der Waals surface area contributed by atoms with Crippen LogP contribution in [0.1, 0.15) is 20.8 Å². The Morgan fingerprint density at radius 2 is 1.56 bits per heavy atom. The fraction of sp³-hybridized carbons (Fsp3) is 0.273. The zero-order valence-electron chi connectivity index (χ0n) is 14.2. The molecule has 2 aromatic rings. The lowest BCUT2D eigenvalue weighted by Crippen LogP contribution is -2.10. The summed E-state index contributed by atoms with van der Waals surface area (Å²) < 4.78 is 12.9. The van der Waals surface area contributed by atoms with E-state index < -0.39 is 25.7 Å². The maximum Gasteiger partial charge on any atom is 0.466 e. The van der Waals surface area contributed by atoms with Gasteiger partial charge in [-0.15, -0.1) is 0 Å². The first-order valence-corrected chi connectivity index (χ1v) is 8.05. The summed E-state index contributed by atoms with van der Waals surface area (Å²) >= 11 is 0. The first-order chi connectivity index (χ1) is 12.1. The van der Waals surface area contributed by atoms with Gasteiger partial charge in [0.25, 0.3) is 11.5 Å². The number of phosphoric acid groups is 1. The summed E-state index contributed by atoms with van der Waals surface area (Å²) in [5, 5.41) is 7.42. The number of aromatic amines is 2. The quantitative estimate of drug-likeness (QED) is 0.148. The summed E-state index contributed by atoms with van der Waals surface area (Å²) in [6.07, 6.45) is 1.40. The number of carbonyl (C=O) groups is 3. The number of carboxylic acids is 1. The van der Waals surface area contributed by atoms with Crippen molar-refractivity contribution in [3.8, 4) is 0 Å². The number of rotatable bonds is 0. The highest BCUT2D eigenvalue weighted by Gasteiger charge is 2.02. The number of nitrogens with zero attached hydrogens (tertiary/aromatic N) is 2. The Morgan fingerprint density at radius 1 is 1.15 bits per heavy atom. The van der Waals surface area contributed by atoms with Gasteiger partial charge in [-0.2, -0.15) is 4.98 Å². The summed E-state index contributed by atoms with van der Waals surface area (Å²) in [5.74, 6) is -1.88. The third kappa shape index (κ3) is 19.0. The highest BCUT2D eigenvalue weighted by Crippen LogP contribution is 2.25. The number of carboxylic acid groups (broad SMARTS) is 1. The van der Waals surface area contributed by atoms with Gasteiger partial charge in [-0.05, 0) is 0 Å². The third-order valence-electron chi connectivity index (χ3n) is 1.60. The molecule has 0 spiro atoms. The number of anilines is 1.